The van der Waals surface area contributed by atoms with Gasteiger partial charge in [0.2, 0.25) is 0 Å². The highest BCUT2D eigenvalue weighted by atomic mass is 35.5. The number of aromatic nitrogens is 1. The van der Waals surface area contributed by atoms with Gasteiger partial charge in [0.1, 0.15) is 0 Å². The number of anilines is 1. The Morgan fingerprint density at radius 2 is 2.22 bits per heavy atom. The highest BCUT2D eigenvalue weighted by Gasteiger charge is 1.99. The van der Waals surface area contributed by atoms with Crippen LogP contribution in [0.15, 0.2) is 18.3 Å². The maximum Gasteiger partial charge on any atom is 0.311 e. The minimum atomic E-state index is 0.263. The fourth-order valence-electron chi connectivity index (χ4n) is 0.476. The Hall–Kier alpha value is -0.960. The Balaban J connectivity index is 3.17. The van der Waals surface area contributed by atoms with Crippen molar-refractivity contribution in [2.75, 3.05) is 5.73 Å². The van der Waals surface area contributed by atoms with Crippen LogP contribution in [-0.2, 0) is 0 Å². The van der Waals surface area contributed by atoms with E-state index in [9.17, 15) is 0 Å². The van der Waals surface area contributed by atoms with Crippen LogP contribution in [-0.4, -0.2) is 5.21 Å². The second-order valence-corrected chi connectivity index (χ2v) is 2.05. The van der Waals surface area contributed by atoms with Crippen molar-refractivity contribution >= 4 is 17.4 Å². The van der Waals surface area contributed by atoms with Crippen LogP contribution in [0.25, 0.3) is 0 Å². The van der Waals surface area contributed by atoms with Crippen LogP contribution in [0.1, 0.15) is 0 Å². The predicted octanol–water partition coefficient (Wildman–Crippen LogP) is 0.447. The largest absolute Gasteiger partial charge is 0.350 e. The molecule has 3 N–H and O–H groups in total. The summed E-state index contributed by atoms with van der Waals surface area (Å²) in [5.74, 6) is 0.263. The molecule has 0 saturated carbocycles. The molecule has 1 heterocycles. The lowest BCUT2D eigenvalue weighted by Gasteiger charge is -1.90. The topological polar surface area (TPSA) is 50.1 Å². The van der Waals surface area contributed by atoms with Gasteiger partial charge in [-0.25, -0.2) is 0 Å². The van der Waals surface area contributed by atoms with Gasteiger partial charge in [0.05, 0.1) is 5.02 Å². The highest BCUT2D eigenvalue weighted by molar-refractivity contribution is 6.30. The maximum absolute atomic E-state index is 8.81. The van der Waals surface area contributed by atoms with E-state index in [0.717, 1.165) is 4.73 Å². The summed E-state index contributed by atoms with van der Waals surface area (Å²) in [6, 6.07) is 3.12. The van der Waals surface area contributed by atoms with Crippen LogP contribution in [0.5, 0.6) is 0 Å². The SMILES string of the molecule is Nc1ccc(Cl)c[n+]1O. The van der Waals surface area contributed by atoms with Gasteiger partial charge in [-0.05, 0) is 6.07 Å². The number of hydrogen-bond donors (Lipinski definition) is 2. The molecule has 0 aliphatic heterocycles. The van der Waals surface area contributed by atoms with Crippen molar-refractivity contribution in [2.45, 2.75) is 0 Å². The van der Waals surface area contributed by atoms with E-state index in [1.807, 2.05) is 0 Å². The molecule has 0 radical (unpaired) electrons. The molecular weight excluding hydrogens is 140 g/mol. The van der Waals surface area contributed by atoms with Crippen molar-refractivity contribution in [1.82, 2.24) is 0 Å². The summed E-state index contributed by atoms with van der Waals surface area (Å²) in [4.78, 5) is 0. The van der Waals surface area contributed by atoms with E-state index < -0.39 is 0 Å². The molecule has 0 amide bonds. The minimum Gasteiger partial charge on any atom is -0.350 e. The normalized spacial score (nSPS) is 9.44. The number of nitrogens with two attached hydrogens (primary N) is 1. The van der Waals surface area contributed by atoms with Crippen LogP contribution in [0.4, 0.5) is 5.82 Å². The van der Waals surface area contributed by atoms with Crippen LogP contribution in [0.3, 0.4) is 0 Å². The molecule has 0 atom stereocenters. The molecule has 1 aromatic heterocycles. The molecule has 1 rings (SSSR count). The van der Waals surface area contributed by atoms with Gasteiger partial charge in [-0.2, -0.15) is 0 Å². The van der Waals surface area contributed by atoms with E-state index in [1.165, 1.54) is 12.3 Å². The van der Waals surface area contributed by atoms with E-state index in [1.54, 1.807) is 6.07 Å². The minimum absolute atomic E-state index is 0.263. The standard InChI is InChI=1S/C5H5ClN2O/c6-4-1-2-5(7)8(9)3-4/h1-3,7,9H/p+1. The Kier molecular flexibility index (Phi) is 1.44. The van der Waals surface area contributed by atoms with E-state index in [2.05, 4.69) is 0 Å². The summed E-state index contributed by atoms with van der Waals surface area (Å²) < 4.78 is 0.766. The summed E-state index contributed by atoms with van der Waals surface area (Å²) in [5.41, 5.74) is 5.24. The van der Waals surface area contributed by atoms with Crippen molar-refractivity contribution < 1.29 is 9.94 Å². The molecule has 0 aromatic carbocycles. The van der Waals surface area contributed by atoms with Gasteiger partial charge >= 0.3 is 5.82 Å². The number of nitrogens with zero attached hydrogens (tertiary/aromatic N) is 1. The van der Waals surface area contributed by atoms with Crippen LogP contribution in [0, 0.1) is 0 Å². The number of halogens is 1. The second kappa shape index (κ2) is 2.11. The van der Waals surface area contributed by atoms with Gasteiger partial charge in [0.25, 0.3) is 0 Å². The van der Waals surface area contributed by atoms with Crippen LogP contribution < -0.4 is 10.5 Å². The fourth-order valence-corrected chi connectivity index (χ4v) is 0.631. The second-order valence-electron chi connectivity index (χ2n) is 1.62. The Labute approximate surface area is 57.3 Å². The molecular formula is C5H6ClN2O+. The van der Waals surface area contributed by atoms with Crippen molar-refractivity contribution in [2.24, 2.45) is 0 Å². The van der Waals surface area contributed by atoms with Gasteiger partial charge in [-0.3, -0.25) is 5.73 Å². The smallest absolute Gasteiger partial charge is 0.311 e. The first kappa shape index (κ1) is 6.16. The molecule has 48 valence electrons. The zero-order valence-corrected chi connectivity index (χ0v) is 5.34. The maximum atomic E-state index is 8.81. The van der Waals surface area contributed by atoms with Gasteiger partial charge < -0.3 is 5.21 Å². The first-order chi connectivity index (χ1) is 4.20. The highest BCUT2D eigenvalue weighted by Crippen LogP contribution is 2.03. The lowest BCUT2D eigenvalue weighted by molar-refractivity contribution is -0.893. The third-order valence-corrected chi connectivity index (χ3v) is 1.15. The molecule has 3 nitrogen and oxygen atoms in total. The summed E-state index contributed by atoms with van der Waals surface area (Å²) >= 11 is 5.48. The summed E-state index contributed by atoms with van der Waals surface area (Å²) in [5, 5.41) is 9.26. The quantitative estimate of drug-likeness (QED) is 0.411. The number of pyridine rings is 1. The van der Waals surface area contributed by atoms with E-state index in [4.69, 9.17) is 22.5 Å². The molecule has 0 fully saturated rings. The monoisotopic (exact) mass is 145 g/mol. The summed E-state index contributed by atoms with van der Waals surface area (Å²) in [7, 11) is 0. The third kappa shape index (κ3) is 1.23. The van der Waals surface area contributed by atoms with Crippen LogP contribution in [0.2, 0.25) is 5.02 Å². The molecule has 0 unspecified atom stereocenters. The summed E-state index contributed by atoms with van der Waals surface area (Å²) in [6.07, 6.45) is 1.32. The van der Waals surface area contributed by atoms with Crippen LogP contribution >= 0.6 is 11.6 Å². The van der Waals surface area contributed by atoms with E-state index in [0.29, 0.717) is 5.02 Å². The molecule has 0 aliphatic carbocycles. The average molecular weight is 146 g/mol. The fraction of sp³-hybridized carbons (Fsp3) is 0. The Bertz CT molecular complexity index is 226. The van der Waals surface area contributed by atoms with Gasteiger partial charge in [0.15, 0.2) is 6.20 Å². The first-order valence-electron chi connectivity index (χ1n) is 2.36. The Morgan fingerprint density at radius 3 is 2.67 bits per heavy atom. The van der Waals surface area contributed by atoms with E-state index in [-0.39, 0.29) is 5.82 Å². The lowest BCUT2D eigenvalue weighted by atomic mass is 10.5. The molecule has 1 aromatic rings. The van der Waals surface area contributed by atoms with E-state index >= 15 is 0 Å². The van der Waals surface area contributed by atoms with Gasteiger partial charge in [-0.1, -0.05) is 16.3 Å². The zero-order valence-electron chi connectivity index (χ0n) is 4.58. The molecule has 9 heavy (non-hydrogen) atoms. The predicted molar refractivity (Wildman–Crippen MR) is 33.2 cm³/mol. The molecule has 0 aliphatic rings. The number of nitrogen functional groups attached to an aromatic ring is 1. The van der Waals surface area contributed by atoms with Crippen molar-refractivity contribution in [3.8, 4) is 0 Å². The number of rotatable bonds is 0. The molecule has 0 bridgehead atoms. The molecule has 0 spiro atoms. The van der Waals surface area contributed by atoms with Gasteiger partial charge in [0, 0.05) is 6.07 Å². The summed E-state index contributed by atoms with van der Waals surface area (Å²) in [6.45, 7) is 0. The average Bonchev–Trinajstić information content (AvgIpc) is 1.80. The Morgan fingerprint density at radius 1 is 1.56 bits per heavy atom. The first-order valence-corrected chi connectivity index (χ1v) is 2.74. The van der Waals surface area contributed by atoms with Crippen molar-refractivity contribution in [3.05, 3.63) is 23.4 Å². The molecule has 0 saturated heterocycles. The molecule has 4 heteroatoms. The zero-order chi connectivity index (χ0) is 6.85. The van der Waals surface area contributed by atoms with Gasteiger partial charge in [-0.15, -0.1) is 0 Å². The van der Waals surface area contributed by atoms with Crippen molar-refractivity contribution in [3.63, 3.8) is 0 Å². The lowest BCUT2D eigenvalue weighted by Crippen LogP contribution is -2.33. The van der Waals surface area contributed by atoms with Crippen molar-refractivity contribution in [1.29, 1.82) is 0 Å². The third-order valence-electron chi connectivity index (χ3n) is 0.923. The number of hydrogen-bond acceptors (Lipinski definition) is 2.